The smallest absolute Gasteiger partial charge is 0.275 e. The highest BCUT2D eigenvalue weighted by Crippen LogP contribution is 2.23. The van der Waals surface area contributed by atoms with Crippen LogP contribution in [0.2, 0.25) is 5.15 Å². The number of urea groups is 1. The quantitative estimate of drug-likeness (QED) is 0.853. The summed E-state index contributed by atoms with van der Waals surface area (Å²) in [5.74, 6) is 0.00389. The van der Waals surface area contributed by atoms with Crippen LogP contribution in [-0.2, 0) is 17.1 Å². The third-order valence-corrected chi connectivity index (χ3v) is 4.83. The molecule has 2 amide bonds. The lowest BCUT2D eigenvalue weighted by Gasteiger charge is -2.08. The van der Waals surface area contributed by atoms with Gasteiger partial charge >= 0.3 is 6.03 Å². The van der Waals surface area contributed by atoms with Crippen LogP contribution in [0, 0.1) is 20.8 Å². The fraction of sp³-hybridized carbons (Fsp3) is 0.333. The molecular weight excluding hydrogens is 344 g/mol. The van der Waals surface area contributed by atoms with Crippen LogP contribution in [0.15, 0.2) is 11.0 Å². The summed E-state index contributed by atoms with van der Waals surface area (Å²) in [4.78, 5) is 19.6. The molecule has 0 aliphatic heterocycles. The maximum Gasteiger partial charge on any atom is 0.335 e. The maximum atomic E-state index is 12.3. The van der Waals surface area contributed by atoms with Crippen LogP contribution in [-0.4, -0.2) is 34.2 Å². The number of aryl methyl sites for hydroxylation is 4. The molecule has 23 heavy (non-hydrogen) atoms. The summed E-state index contributed by atoms with van der Waals surface area (Å²) in [6, 6.07) is 0.729. The number of halogens is 1. The first-order valence-corrected chi connectivity index (χ1v) is 8.31. The van der Waals surface area contributed by atoms with Crippen LogP contribution in [0.1, 0.15) is 17.1 Å². The second-order valence-electron chi connectivity index (χ2n) is 4.86. The van der Waals surface area contributed by atoms with E-state index < -0.39 is 16.1 Å². The van der Waals surface area contributed by atoms with Crippen LogP contribution < -0.4 is 10.0 Å². The Morgan fingerprint density at radius 2 is 1.78 bits per heavy atom. The molecule has 0 bridgehead atoms. The maximum absolute atomic E-state index is 12.3. The highest BCUT2D eigenvalue weighted by Gasteiger charge is 2.27. The van der Waals surface area contributed by atoms with E-state index in [1.807, 2.05) is 4.72 Å². The zero-order valence-corrected chi connectivity index (χ0v) is 14.4. The molecule has 0 aromatic carbocycles. The fourth-order valence-corrected chi connectivity index (χ4v) is 3.66. The number of amides is 2. The number of carbonyl (C=O) groups excluding carboxylic acids is 1. The SMILES string of the molecule is Cc1cc(C)nc(NC(=O)NS(=O)(=O)c2c(C)nn(C)c2Cl)n1. The van der Waals surface area contributed by atoms with Gasteiger partial charge in [0.1, 0.15) is 10.0 Å². The molecule has 0 radical (unpaired) electrons. The number of aromatic nitrogens is 4. The monoisotopic (exact) mass is 358 g/mol. The zero-order chi connectivity index (χ0) is 17.4. The first-order chi connectivity index (χ1) is 10.6. The van der Waals surface area contributed by atoms with Crippen molar-refractivity contribution in [2.75, 3.05) is 5.32 Å². The third kappa shape index (κ3) is 3.77. The van der Waals surface area contributed by atoms with Crippen LogP contribution in [0.5, 0.6) is 0 Å². The number of hydrogen-bond acceptors (Lipinski definition) is 6. The lowest BCUT2D eigenvalue weighted by atomic mass is 10.4. The molecule has 2 heterocycles. The fourth-order valence-electron chi connectivity index (χ4n) is 2.00. The van der Waals surface area contributed by atoms with E-state index in [1.165, 1.54) is 18.7 Å². The minimum Gasteiger partial charge on any atom is -0.275 e. The molecule has 2 aromatic heterocycles. The molecule has 0 saturated heterocycles. The van der Waals surface area contributed by atoms with Crippen molar-refractivity contribution in [1.29, 1.82) is 0 Å². The average Bonchev–Trinajstić information content (AvgIpc) is 2.60. The summed E-state index contributed by atoms with van der Waals surface area (Å²) < 4.78 is 27.6. The standard InChI is InChI=1S/C12H15ClN6O3S/c1-6-5-7(2)15-11(14-6)16-12(20)18-23(21,22)9-8(3)17-19(4)10(9)13/h5H,1-4H3,(H2,14,15,16,18,20). The molecule has 0 aliphatic rings. The highest BCUT2D eigenvalue weighted by molar-refractivity contribution is 7.90. The number of sulfonamides is 1. The molecule has 0 saturated carbocycles. The number of nitrogens with one attached hydrogen (secondary N) is 2. The van der Waals surface area contributed by atoms with Crippen LogP contribution in [0.25, 0.3) is 0 Å². The number of nitrogens with zero attached hydrogens (tertiary/aromatic N) is 4. The molecular formula is C12H15ClN6O3S. The van der Waals surface area contributed by atoms with E-state index in [0.29, 0.717) is 11.4 Å². The Labute approximate surface area is 138 Å². The Kier molecular flexibility index (Phi) is 4.57. The molecule has 124 valence electrons. The average molecular weight is 359 g/mol. The largest absolute Gasteiger partial charge is 0.335 e. The topological polar surface area (TPSA) is 119 Å². The van der Waals surface area contributed by atoms with E-state index in [0.717, 1.165) is 0 Å². The Bertz CT molecular complexity index is 857. The first-order valence-electron chi connectivity index (χ1n) is 6.45. The van der Waals surface area contributed by atoms with Gasteiger partial charge in [-0.2, -0.15) is 5.10 Å². The van der Waals surface area contributed by atoms with E-state index in [2.05, 4.69) is 20.4 Å². The van der Waals surface area contributed by atoms with E-state index in [4.69, 9.17) is 11.6 Å². The van der Waals surface area contributed by atoms with Crippen LogP contribution in [0.4, 0.5) is 10.7 Å². The van der Waals surface area contributed by atoms with Crippen molar-refractivity contribution >= 4 is 33.6 Å². The molecule has 0 fully saturated rings. The minimum atomic E-state index is -4.17. The van der Waals surface area contributed by atoms with Crippen LogP contribution >= 0.6 is 11.6 Å². The van der Waals surface area contributed by atoms with Crippen molar-refractivity contribution in [2.45, 2.75) is 25.7 Å². The number of rotatable bonds is 3. The summed E-state index contributed by atoms with van der Waals surface area (Å²) in [6.07, 6.45) is 0. The number of hydrogen-bond donors (Lipinski definition) is 2. The summed E-state index contributed by atoms with van der Waals surface area (Å²) in [5.41, 5.74) is 1.46. The lowest BCUT2D eigenvalue weighted by molar-refractivity contribution is 0.256. The normalized spacial score (nSPS) is 11.3. The molecule has 2 aromatic rings. The summed E-state index contributed by atoms with van der Waals surface area (Å²) in [7, 11) is -2.68. The van der Waals surface area contributed by atoms with Crippen molar-refractivity contribution in [3.05, 3.63) is 28.3 Å². The van der Waals surface area contributed by atoms with Gasteiger partial charge in [-0.25, -0.2) is 27.9 Å². The van der Waals surface area contributed by atoms with Crippen LogP contribution in [0.3, 0.4) is 0 Å². The molecule has 11 heteroatoms. The summed E-state index contributed by atoms with van der Waals surface area (Å²) in [6.45, 7) is 4.94. The minimum absolute atomic E-state index is 0.00389. The van der Waals surface area contributed by atoms with Crippen molar-refractivity contribution in [1.82, 2.24) is 24.5 Å². The van der Waals surface area contributed by atoms with Gasteiger partial charge in [-0.15, -0.1) is 0 Å². The number of carbonyl (C=O) groups is 1. The third-order valence-electron chi connectivity index (χ3n) is 2.80. The van der Waals surface area contributed by atoms with Gasteiger partial charge in [0.05, 0.1) is 5.69 Å². The van der Waals surface area contributed by atoms with Gasteiger partial charge in [0.15, 0.2) is 0 Å². The first kappa shape index (κ1) is 17.2. The Hall–Kier alpha value is -2.20. The van der Waals surface area contributed by atoms with E-state index in [1.54, 1.807) is 19.9 Å². The van der Waals surface area contributed by atoms with Gasteiger partial charge in [-0.1, -0.05) is 11.6 Å². The molecule has 0 aliphatic carbocycles. The predicted octanol–water partition coefficient (Wildman–Crippen LogP) is 1.30. The second kappa shape index (κ2) is 6.13. The van der Waals surface area contributed by atoms with Gasteiger partial charge in [0.25, 0.3) is 10.0 Å². The number of anilines is 1. The Morgan fingerprint density at radius 3 is 2.26 bits per heavy atom. The molecule has 0 unspecified atom stereocenters. The summed E-state index contributed by atoms with van der Waals surface area (Å²) >= 11 is 5.91. The van der Waals surface area contributed by atoms with Crippen molar-refractivity contribution in [3.63, 3.8) is 0 Å². The van der Waals surface area contributed by atoms with Gasteiger partial charge in [-0.3, -0.25) is 10.00 Å². The van der Waals surface area contributed by atoms with E-state index in [9.17, 15) is 13.2 Å². The molecule has 2 rings (SSSR count). The summed E-state index contributed by atoms with van der Waals surface area (Å²) in [5, 5.41) is 6.08. The molecule has 9 nitrogen and oxygen atoms in total. The van der Waals surface area contributed by atoms with Crippen molar-refractivity contribution in [2.24, 2.45) is 7.05 Å². The molecule has 2 N–H and O–H groups in total. The van der Waals surface area contributed by atoms with Gasteiger partial charge in [-0.05, 0) is 26.8 Å². The second-order valence-corrected chi connectivity index (χ2v) is 6.84. The van der Waals surface area contributed by atoms with Crippen molar-refractivity contribution in [3.8, 4) is 0 Å². The molecule has 0 spiro atoms. The van der Waals surface area contributed by atoms with E-state index >= 15 is 0 Å². The molecule has 0 atom stereocenters. The van der Waals surface area contributed by atoms with Gasteiger partial charge in [0.2, 0.25) is 5.95 Å². The van der Waals surface area contributed by atoms with E-state index in [-0.39, 0.29) is 21.7 Å². The Morgan fingerprint density at radius 1 is 1.22 bits per heavy atom. The Balaban J connectivity index is 2.22. The zero-order valence-electron chi connectivity index (χ0n) is 12.9. The van der Waals surface area contributed by atoms with Gasteiger partial charge in [0, 0.05) is 18.4 Å². The van der Waals surface area contributed by atoms with Crippen molar-refractivity contribution < 1.29 is 13.2 Å². The highest BCUT2D eigenvalue weighted by atomic mass is 35.5. The van der Waals surface area contributed by atoms with Gasteiger partial charge < -0.3 is 0 Å². The lowest BCUT2D eigenvalue weighted by Crippen LogP contribution is -2.35. The predicted molar refractivity (Wildman–Crippen MR) is 83.8 cm³/mol.